The molecule has 9 nitrogen and oxygen atoms in total. The molecule has 0 radical (unpaired) electrons. The average Bonchev–Trinajstić information content (AvgIpc) is 2.77. The molecule has 1 heterocycles. The Bertz CT molecular complexity index is 1090. The number of carbonyl (C=O) groups is 1. The Morgan fingerprint density at radius 3 is 2.26 bits per heavy atom. The maximum atomic E-state index is 12.7. The van der Waals surface area contributed by atoms with Crippen LogP contribution in [0.15, 0.2) is 58.5 Å². The number of nitrogens with zero attached hydrogens (tertiary/aromatic N) is 3. The summed E-state index contributed by atoms with van der Waals surface area (Å²) in [5, 5.41) is 15.3. The van der Waals surface area contributed by atoms with Crippen molar-refractivity contribution >= 4 is 38.9 Å². The first-order valence-corrected chi connectivity index (χ1v) is 11.3. The summed E-state index contributed by atoms with van der Waals surface area (Å²) >= 11 is 5.82. The summed E-state index contributed by atoms with van der Waals surface area (Å²) in [6.45, 7) is 2.14. The molecule has 1 amide bonds. The van der Waals surface area contributed by atoms with E-state index in [1.54, 1.807) is 19.1 Å². The Morgan fingerprint density at radius 1 is 1.13 bits per heavy atom. The van der Waals surface area contributed by atoms with Gasteiger partial charge in [0.15, 0.2) is 0 Å². The molecular formula is C20H21ClN4O5S. The van der Waals surface area contributed by atoms with Crippen LogP contribution in [0.25, 0.3) is 0 Å². The van der Waals surface area contributed by atoms with Crippen molar-refractivity contribution in [2.75, 3.05) is 13.1 Å². The van der Waals surface area contributed by atoms with Gasteiger partial charge in [0.1, 0.15) is 0 Å². The molecular weight excluding hydrogens is 444 g/mol. The minimum absolute atomic E-state index is 0.0269. The molecule has 31 heavy (non-hydrogen) atoms. The van der Waals surface area contributed by atoms with Gasteiger partial charge in [-0.1, -0.05) is 11.6 Å². The third-order valence-corrected chi connectivity index (χ3v) is 7.27. The standard InChI is InChI=1S/C20H21ClN4O5S/c1-14(15-2-6-18(7-3-15)25(27)28)22-23-20(26)16-10-12-24(13-11-16)31(29,30)19-8-4-17(21)5-9-19/h2-9,16H,10-13H2,1H3,(H,23,26). The lowest BCUT2D eigenvalue weighted by molar-refractivity contribution is -0.384. The number of non-ortho nitro benzene ring substituents is 1. The highest BCUT2D eigenvalue weighted by atomic mass is 35.5. The Kier molecular flexibility index (Phi) is 7.04. The minimum atomic E-state index is -3.63. The van der Waals surface area contributed by atoms with E-state index in [4.69, 9.17) is 11.6 Å². The lowest BCUT2D eigenvalue weighted by Crippen LogP contribution is -2.42. The van der Waals surface area contributed by atoms with E-state index in [2.05, 4.69) is 10.5 Å². The zero-order valence-corrected chi connectivity index (χ0v) is 18.3. The topological polar surface area (TPSA) is 122 Å². The van der Waals surface area contributed by atoms with Crippen molar-refractivity contribution in [1.82, 2.24) is 9.73 Å². The Labute approximate surface area is 184 Å². The van der Waals surface area contributed by atoms with Crippen LogP contribution in [0.5, 0.6) is 0 Å². The van der Waals surface area contributed by atoms with Crippen LogP contribution in [0.2, 0.25) is 5.02 Å². The number of nitro groups is 1. The molecule has 2 aromatic carbocycles. The van der Waals surface area contributed by atoms with Crippen molar-refractivity contribution in [1.29, 1.82) is 0 Å². The number of hydrogen-bond donors (Lipinski definition) is 1. The van der Waals surface area contributed by atoms with Gasteiger partial charge in [-0.15, -0.1) is 0 Å². The van der Waals surface area contributed by atoms with Crippen molar-refractivity contribution in [3.8, 4) is 0 Å². The average molecular weight is 465 g/mol. The number of sulfonamides is 1. The van der Waals surface area contributed by atoms with Crippen LogP contribution < -0.4 is 5.43 Å². The van der Waals surface area contributed by atoms with Crippen molar-refractivity contribution in [3.63, 3.8) is 0 Å². The van der Waals surface area contributed by atoms with E-state index in [0.29, 0.717) is 29.1 Å². The van der Waals surface area contributed by atoms with E-state index in [1.165, 1.54) is 40.7 Å². The number of hydrazone groups is 1. The number of nitro benzene ring substituents is 1. The molecule has 0 atom stereocenters. The number of piperidine rings is 1. The number of hydrogen-bond acceptors (Lipinski definition) is 6. The number of rotatable bonds is 6. The zero-order chi connectivity index (χ0) is 22.6. The Balaban J connectivity index is 1.56. The maximum absolute atomic E-state index is 12.7. The summed E-state index contributed by atoms with van der Waals surface area (Å²) in [6.07, 6.45) is 0.759. The molecule has 164 valence electrons. The van der Waals surface area contributed by atoms with Gasteiger partial charge >= 0.3 is 0 Å². The number of halogens is 1. The molecule has 11 heteroatoms. The fourth-order valence-electron chi connectivity index (χ4n) is 3.23. The van der Waals surface area contributed by atoms with Crippen LogP contribution in [0, 0.1) is 16.0 Å². The monoisotopic (exact) mass is 464 g/mol. The zero-order valence-electron chi connectivity index (χ0n) is 16.7. The molecule has 0 unspecified atom stereocenters. The van der Waals surface area contributed by atoms with Crippen molar-refractivity contribution in [2.45, 2.75) is 24.7 Å². The summed E-state index contributed by atoms with van der Waals surface area (Å²) in [7, 11) is -3.63. The lowest BCUT2D eigenvalue weighted by Gasteiger charge is -2.30. The SMILES string of the molecule is CC(=NNC(=O)C1CCN(S(=O)(=O)c2ccc(Cl)cc2)CC1)c1ccc([N+](=O)[O-])cc1. The van der Waals surface area contributed by atoms with E-state index in [0.717, 1.165) is 0 Å². The fraction of sp³-hybridized carbons (Fsp3) is 0.300. The van der Waals surface area contributed by atoms with Crippen LogP contribution in [0.1, 0.15) is 25.3 Å². The lowest BCUT2D eigenvalue weighted by atomic mass is 9.98. The number of amides is 1. The predicted molar refractivity (Wildman–Crippen MR) is 116 cm³/mol. The molecule has 1 N–H and O–H groups in total. The fourth-order valence-corrected chi connectivity index (χ4v) is 4.83. The number of carbonyl (C=O) groups excluding carboxylic acids is 1. The normalized spacial score (nSPS) is 16.1. The van der Waals surface area contributed by atoms with Gasteiger partial charge in [-0.05, 0) is 61.7 Å². The summed E-state index contributed by atoms with van der Waals surface area (Å²) < 4.78 is 26.8. The van der Waals surface area contributed by atoms with Crippen molar-refractivity contribution in [2.24, 2.45) is 11.0 Å². The molecule has 0 bridgehead atoms. The van der Waals surface area contributed by atoms with Gasteiger partial charge in [0.05, 0.1) is 15.5 Å². The quantitative estimate of drug-likeness (QED) is 0.399. The van der Waals surface area contributed by atoms with E-state index < -0.39 is 14.9 Å². The molecule has 1 aliphatic rings. The van der Waals surface area contributed by atoms with Crippen LogP contribution >= 0.6 is 11.6 Å². The first-order chi connectivity index (χ1) is 14.7. The predicted octanol–water partition coefficient (Wildman–Crippen LogP) is 3.19. The molecule has 0 saturated carbocycles. The summed E-state index contributed by atoms with van der Waals surface area (Å²) in [5.41, 5.74) is 3.64. The molecule has 0 aromatic heterocycles. The molecule has 1 fully saturated rings. The first-order valence-electron chi connectivity index (χ1n) is 9.53. The third kappa shape index (κ3) is 5.46. The van der Waals surface area contributed by atoms with E-state index >= 15 is 0 Å². The number of nitrogens with one attached hydrogen (secondary N) is 1. The first kappa shape index (κ1) is 22.9. The highest BCUT2D eigenvalue weighted by Crippen LogP contribution is 2.25. The third-order valence-electron chi connectivity index (χ3n) is 5.11. The van der Waals surface area contributed by atoms with Crippen LogP contribution in [-0.2, 0) is 14.8 Å². The summed E-state index contributed by atoms with van der Waals surface area (Å²) in [5.74, 6) is -0.644. The molecule has 1 saturated heterocycles. The number of benzene rings is 2. The molecule has 3 rings (SSSR count). The van der Waals surface area contributed by atoms with E-state index in [9.17, 15) is 23.3 Å². The van der Waals surface area contributed by atoms with Gasteiger partial charge in [-0.25, -0.2) is 13.8 Å². The van der Waals surface area contributed by atoms with Gasteiger partial charge in [-0.3, -0.25) is 14.9 Å². The molecule has 0 spiro atoms. The highest BCUT2D eigenvalue weighted by molar-refractivity contribution is 7.89. The minimum Gasteiger partial charge on any atom is -0.273 e. The second-order valence-electron chi connectivity index (χ2n) is 7.11. The van der Waals surface area contributed by atoms with E-state index in [-0.39, 0.29) is 35.5 Å². The summed E-state index contributed by atoms with van der Waals surface area (Å²) in [6, 6.07) is 11.8. The van der Waals surface area contributed by atoms with Crippen molar-refractivity contribution < 1.29 is 18.1 Å². The maximum Gasteiger partial charge on any atom is 0.269 e. The van der Waals surface area contributed by atoms with Gasteiger partial charge < -0.3 is 0 Å². The Hall–Kier alpha value is -2.82. The van der Waals surface area contributed by atoms with Crippen LogP contribution in [0.3, 0.4) is 0 Å². The largest absolute Gasteiger partial charge is 0.273 e. The van der Waals surface area contributed by atoms with Gasteiger partial charge in [-0.2, -0.15) is 9.41 Å². The smallest absolute Gasteiger partial charge is 0.269 e. The van der Waals surface area contributed by atoms with Gasteiger partial charge in [0.2, 0.25) is 15.9 Å². The van der Waals surface area contributed by atoms with E-state index in [1.807, 2.05) is 0 Å². The second kappa shape index (κ2) is 9.54. The molecule has 0 aliphatic carbocycles. The second-order valence-corrected chi connectivity index (χ2v) is 9.48. The summed E-state index contributed by atoms with van der Waals surface area (Å²) in [4.78, 5) is 22.9. The van der Waals surface area contributed by atoms with Crippen LogP contribution in [0.4, 0.5) is 5.69 Å². The van der Waals surface area contributed by atoms with Crippen molar-refractivity contribution in [3.05, 3.63) is 69.2 Å². The van der Waals surface area contributed by atoms with Gasteiger partial charge in [0, 0.05) is 36.2 Å². The van der Waals surface area contributed by atoms with Crippen LogP contribution in [-0.4, -0.2) is 42.4 Å². The molecule has 1 aliphatic heterocycles. The highest BCUT2D eigenvalue weighted by Gasteiger charge is 2.32. The Morgan fingerprint density at radius 2 is 1.71 bits per heavy atom. The van der Waals surface area contributed by atoms with Gasteiger partial charge in [0.25, 0.3) is 5.69 Å². The molecule has 2 aromatic rings.